The first-order valence-electron chi connectivity index (χ1n) is 8.51. The molecule has 0 aliphatic heterocycles. The molecule has 0 aromatic heterocycles. The molecule has 27 heavy (non-hydrogen) atoms. The molecule has 0 saturated heterocycles. The fraction of sp³-hybridized carbons (Fsp3) is 0.304. The maximum atomic E-state index is 3.97. The molecule has 0 saturated carbocycles. The molecule has 1 aliphatic carbocycles. The summed E-state index contributed by atoms with van der Waals surface area (Å²) in [4.78, 5) is 0. The second-order valence-electron chi connectivity index (χ2n) is 4.50. The van der Waals surface area contributed by atoms with Crippen LogP contribution in [0.25, 0.3) is 16.0 Å². The maximum absolute atomic E-state index is 3.97. The summed E-state index contributed by atoms with van der Waals surface area (Å²) in [5, 5.41) is 11.9. The zero-order valence-corrected chi connectivity index (χ0v) is 18.3. The Balaban J connectivity index is -0.000000130. The first kappa shape index (κ1) is 33.1. The Morgan fingerprint density at radius 2 is 0.926 bits per heavy atom. The van der Waals surface area contributed by atoms with E-state index in [1.807, 2.05) is 12.2 Å². The van der Waals surface area contributed by atoms with E-state index in [1.165, 1.54) is 0 Å². The average molecular weight is 401 g/mol. The summed E-state index contributed by atoms with van der Waals surface area (Å²) in [6.07, 6.45) is 20.6. The molecule has 0 N–H and O–H groups in total. The molecule has 1 aliphatic rings. The van der Waals surface area contributed by atoms with Gasteiger partial charge < -0.3 is 16.0 Å². The van der Waals surface area contributed by atoms with Crippen LogP contribution in [0.3, 0.4) is 0 Å². The van der Waals surface area contributed by atoms with Gasteiger partial charge in [0.25, 0.3) is 0 Å². The smallest absolute Gasteiger partial charge is 0.656 e. The largest absolute Gasteiger partial charge is 4.00 e. The molecular weight excluding hydrogens is 366 g/mol. The summed E-state index contributed by atoms with van der Waals surface area (Å²) in [6.45, 7) is 25.5. The van der Waals surface area contributed by atoms with E-state index in [0.29, 0.717) is 0 Å². The van der Waals surface area contributed by atoms with E-state index >= 15 is 0 Å². The molecule has 0 radical (unpaired) electrons. The minimum Gasteiger partial charge on any atom is -0.656 e. The van der Waals surface area contributed by atoms with Gasteiger partial charge in [0.15, 0.2) is 0 Å². The zero-order chi connectivity index (χ0) is 20.1. The molecule has 3 nitrogen and oxygen atoms in total. The van der Waals surface area contributed by atoms with Crippen molar-refractivity contribution in [2.75, 3.05) is 39.3 Å². The van der Waals surface area contributed by atoms with Crippen LogP contribution in [0.15, 0.2) is 94.2 Å². The Kier molecular flexibility index (Phi) is 48.5. The normalized spacial score (nSPS) is 9.48. The summed E-state index contributed by atoms with van der Waals surface area (Å²) in [6, 6.07) is 0. The average Bonchev–Trinajstić information content (AvgIpc) is 3.24. The zero-order valence-electron chi connectivity index (χ0n) is 16.7. The van der Waals surface area contributed by atoms with Gasteiger partial charge >= 0.3 is 21.7 Å². The van der Waals surface area contributed by atoms with Gasteiger partial charge in [-0.15, -0.1) is 122 Å². The third-order valence-electron chi connectivity index (χ3n) is 2.14. The Labute approximate surface area is 183 Å². The van der Waals surface area contributed by atoms with E-state index in [2.05, 4.69) is 67.6 Å². The van der Waals surface area contributed by atoms with Crippen molar-refractivity contribution in [2.45, 2.75) is 6.42 Å². The van der Waals surface area contributed by atoms with E-state index < -0.39 is 0 Å². The predicted octanol–water partition coefficient (Wildman–Crippen LogP) is 6.50. The maximum Gasteiger partial charge on any atom is 4.00 e. The van der Waals surface area contributed by atoms with Crippen molar-refractivity contribution in [3.05, 3.63) is 116 Å². The van der Waals surface area contributed by atoms with Crippen molar-refractivity contribution in [3.63, 3.8) is 0 Å². The number of rotatable bonds is 12. The summed E-state index contributed by atoms with van der Waals surface area (Å²) >= 11 is 0. The van der Waals surface area contributed by atoms with Crippen LogP contribution in [0.5, 0.6) is 0 Å². The standard InChI is InChI=1S/3C6H10N.C5H5.Ti/c3*1-3-5-7-6-4-2;1-2-4-5-3-1;/h3*3-4H,1-2,5-6H2;1-3H,4H2;/q4*-1;+4. The minimum absolute atomic E-state index is 0. The Hall–Kier alpha value is -1.49. The fourth-order valence-corrected chi connectivity index (χ4v) is 1.11. The van der Waals surface area contributed by atoms with Crippen molar-refractivity contribution in [3.8, 4) is 0 Å². The van der Waals surface area contributed by atoms with Gasteiger partial charge in [-0.25, -0.2) is 12.2 Å². The van der Waals surface area contributed by atoms with Gasteiger partial charge in [-0.1, -0.05) is 0 Å². The Bertz CT molecular complexity index is 322. The van der Waals surface area contributed by atoms with Crippen LogP contribution >= 0.6 is 0 Å². The van der Waals surface area contributed by atoms with Crippen molar-refractivity contribution in [1.82, 2.24) is 0 Å². The quantitative estimate of drug-likeness (QED) is 0.155. The number of nitrogens with zero attached hydrogens (tertiary/aromatic N) is 3. The summed E-state index contributed by atoms with van der Waals surface area (Å²) in [5.74, 6) is 0. The van der Waals surface area contributed by atoms with Crippen LogP contribution in [0.2, 0.25) is 0 Å². The first-order valence-corrected chi connectivity index (χ1v) is 8.51. The van der Waals surface area contributed by atoms with Crippen LogP contribution in [-0.2, 0) is 21.7 Å². The summed E-state index contributed by atoms with van der Waals surface area (Å²) < 4.78 is 0. The molecule has 0 unspecified atom stereocenters. The van der Waals surface area contributed by atoms with Crippen LogP contribution in [0.1, 0.15) is 6.42 Å². The molecule has 0 amide bonds. The van der Waals surface area contributed by atoms with Crippen LogP contribution in [-0.4, -0.2) is 39.3 Å². The topological polar surface area (TPSA) is 42.3 Å². The second kappa shape index (κ2) is 39.5. The van der Waals surface area contributed by atoms with Crippen molar-refractivity contribution >= 4 is 0 Å². The fourth-order valence-electron chi connectivity index (χ4n) is 1.11. The van der Waals surface area contributed by atoms with Crippen LogP contribution in [0, 0.1) is 6.08 Å². The van der Waals surface area contributed by atoms with Gasteiger partial charge in [0, 0.05) is 0 Å². The SMILES string of the molecule is C=CC[N-]CC=C.C=CC[N-]CC=C.C=CC[N-]CC=C.[C-]1=CC=CC1.[Ti+4]. The van der Waals surface area contributed by atoms with E-state index in [1.54, 1.807) is 36.5 Å². The van der Waals surface area contributed by atoms with Crippen molar-refractivity contribution < 1.29 is 21.7 Å². The predicted molar refractivity (Wildman–Crippen MR) is 122 cm³/mol. The van der Waals surface area contributed by atoms with Crippen molar-refractivity contribution in [1.29, 1.82) is 0 Å². The first-order chi connectivity index (χ1) is 12.7. The van der Waals surface area contributed by atoms with Gasteiger partial charge in [-0.2, -0.15) is 6.08 Å². The molecule has 0 spiro atoms. The molecule has 146 valence electrons. The summed E-state index contributed by atoms with van der Waals surface area (Å²) in [7, 11) is 0. The minimum atomic E-state index is 0. The molecule has 0 atom stereocenters. The van der Waals surface area contributed by atoms with E-state index in [4.69, 9.17) is 0 Å². The van der Waals surface area contributed by atoms with Gasteiger partial charge in [0.05, 0.1) is 0 Å². The molecule has 0 aromatic carbocycles. The molecule has 4 heteroatoms. The number of allylic oxidation sites excluding steroid dienone is 4. The Morgan fingerprint density at radius 3 is 1.04 bits per heavy atom. The molecular formula is C23H35N3Ti. The summed E-state index contributed by atoms with van der Waals surface area (Å²) in [5.41, 5.74) is 0. The van der Waals surface area contributed by atoms with Gasteiger partial charge in [-0.05, 0) is 0 Å². The molecule has 0 bridgehead atoms. The van der Waals surface area contributed by atoms with E-state index in [0.717, 1.165) is 45.7 Å². The van der Waals surface area contributed by atoms with Gasteiger partial charge in [0.1, 0.15) is 0 Å². The monoisotopic (exact) mass is 401 g/mol. The molecule has 1 rings (SSSR count). The molecule has 0 aromatic rings. The van der Waals surface area contributed by atoms with Gasteiger partial charge in [-0.3, -0.25) is 6.08 Å². The van der Waals surface area contributed by atoms with Gasteiger partial charge in [0.2, 0.25) is 0 Å². The molecule has 0 heterocycles. The van der Waals surface area contributed by atoms with E-state index in [9.17, 15) is 0 Å². The van der Waals surface area contributed by atoms with Crippen LogP contribution < -0.4 is 0 Å². The van der Waals surface area contributed by atoms with Crippen molar-refractivity contribution in [2.24, 2.45) is 0 Å². The third kappa shape index (κ3) is 51.6. The van der Waals surface area contributed by atoms with Crippen LogP contribution in [0.4, 0.5) is 0 Å². The molecule has 0 fully saturated rings. The second-order valence-corrected chi connectivity index (χ2v) is 4.50. The van der Waals surface area contributed by atoms with E-state index in [-0.39, 0.29) is 21.7 Å². The number of hydrogen-bond acceptors (Lipinski definition) is 0. The Morgan fingerprint density at radius 1 is 0.630 bits per heavy atom. The third-order valence-corrected chi connectivity index (χ3v) is 2.14. The number of hydrogen-bond donors (Lipinski definition) is 0.